The maximum atomic E-state index is 13.4. The lowest BCUT2D eigenvalue weighted by Gasteiger charge is -2.32. The third-order valence-electron chi connectivity index (χ3n) is 5.67. The maximum Gasteiger partial charge on any atom is 0.314 e. The Morgan fingerprint density at radius 3 is 2.03 bits per heavy atom. The van der Waals surface area contributed by atoms with Gasteiger partial charge in [-0.1, -0.05) is 30.3 Å². The fraction of sp³-hybridized carbons (Fsp3) is 0.160. The van der Waals surface area contributed by atoms with Crippen molar-refractivity contribution in [2.45, 2.75) is 26.1 Å². The summed E-state index contributed by atoms with van der Waals surface area (Å²) in [6.07, 6.45) is -2.89. The molecule has 6 nitrogen and oxygen atoms in total. The molecule has 5 rings (SSSR count). The number of aromatic nitrogens is 2. The van der Waals surface area contributed by atoms with Crippen LogP contribution in [0.3, 0.4) is 0 Å². The fourth-order valence-corrected chi connectivity index (χ4v) is 3.91. The first-order valence-corrected chi connectivity index (χ1v) is 10.7. The van der Waals surface area contributed by atoms with Gasteiger partial charge in [0.15, 0.2) is 0 Å². The van der Waals surface area contributed by atoms with Crippen LogP contribution in [0.15, 0.2) is 71.1 Å². The lowest BCUT2D eigenvalue weighted by molar-refractivity contribution is -0.0215. The van der Waals surface area contributed by atoms with Crippen LogP contribution in [0.25, 0.3) is 11.5 Å². The first-order chi connectivity index (χ1) is 16.9. The summed E-state index contributed by atoms with van der Waals surface area (Å²) in [7, 11) is 0. The lowest BCUT2D eigenvalue weighted by Crippen LogP contribution is -2.41. The van der Waals surface area contributed by atoms with Gasteiger partial charge in [-0.3, -0.25) is 9.80 Å². The van der Waals surface area contributed by atoms with Gasteiger partial charge < -0.3 is 4.42 Å². The third-order valence-corrected chi connectivity index (χ3v) is 5.67. The minimum atomic E-state index is -2.89. The van der Waals surface area contributed by atoms with Crippen LogP contribution >= 0.6 is 0 Å². The van der Waals surface area contributed by atoms with Crippen LogP contribution in [0.1, 0.15) is 39.4 Å². The Hall–Kier alpha value is -4.05. The summed E-state index contributed by atoms with van der Waals surface area (Å²) in [4.78, 5) is 13.4. The number of nitrogens with zero attached hydrogens (tertiary/aromatic N) is 4. The van der Waals surface area contributed by atoms with Crippen LogP contribution in [0.4, 0.5) is 17.6 Å². The molecule has 0 spiro atoms. The summed E-state index contributed by atoms with van der Waals surface area (Å²) in [5, 5.41) is 10.3. The van der Waals surface area contributed by atoms with Crippen LogP contribution in [0.5, 0.6) is 0 Å². The van der Waals surface area contributed by atoms with Gasteiger partial charge in [-0.2, -0.15) is 8.78 Å². The summed E-state index contributed by atoms with van der Waals surface area (Å²) in [5.41, 5.74) is 3.02. The number of hydrazine groups is 1. The first-order valence-electron chi connectivity index (χ1n) is 10.7. The van der Waals surface area contributed by atoms with E-state index in [9.17, 15) is 22.4 Å². The van der Waals surface area contributed by atoms with Crippen molar-refractivity contribution < 1.29 is 26.8 Å². The zero-order chi connectivity index (χ0) is 24.5. The number of amides is 1. The molecule has 1 aliphatic heterocycles. The number of carbonyl (C=O) groups excluding carboxylic acids is 1. The van der Waals surface area contributed by atoms with Crippen molar-refractivity contribution >= 4 is 5.91 Å². The van der Waals surface area contributed by atoms with E-state index < -0.39 is 12.3 Å². The Balaban J connectivity index is 1.43. The second-order valence-electron chi connectivity index (χ2n) is 8.06. The van der Waals surface area contributed by atoms with Crippen molar-refractivity contribution in [2.24, 2.45) is 0 Å². The average Bonchev–Trinajstić information content (AvgIpc) is 3.47. The van der Waals surface area contributed by atoms with E-state index in [1.165, 1.54) is 30.3 Å². The number of fused-ring (bicyclic) bond motifs is 1. The number of alkyl halides is 2. The van der Waals surface area contributed by atoms with Gasteiger partial charge in [0, 0.05) is 24.2 Å². The summed E-state index contributed by atoms with van der Waals surface area (Å²) >= 11 is 0. The summed E-state index contributed by atoms with van der Waals surface area (Å²) in [6.45, 7) is 0.861. The third kappa shape index (κ3) is 4.78. The highest BCUT2D eigenvalue weighted by atomic mass is 19.3. The average molecular weight is 482 g/mol. The highest BCUT2D eigenvalue weighted by molar-refractivity contribution is 5.99. The molecule has 0 saturated heterocycles. The number of carbonyl (C=O) groups is 1. The summed E-state index contributed by atoms with van der Waals surface area (Å²) in [6, 6.07) is 16.8. The number of hydrogen-bond acceptors (Lipinski definition) is 5. The second kappa shape index (κ2) is 9.30. The predicted molar refractivity (Wildman–Crippen MR) is 117 cm³/mol. The fourth-order valence-electron chi connectivity index (χ4n) is 3.91. The largest absolute Gasteiger partial charge is 0.415 e. The van der Waals surface area contributed by atoms with Crippen LogP contribution < -0.4 is 0 Å². The Morgan fingerprint density at radius 1 is 0.886 bits per heavy atom. The van der Waals surface area contributed by atoms with Gasteiger partial charge in [-0.05, 0) is 53.1 Å². The van der Waals surface area contributed by atoms with Crippen molar-refractivity contribution in [2.75, 3.05) is 0 Å². The van der Waals surface area contributed by atoms with Crippen molar-refractivity contribution in [3.05, 3.63) is 107 Å². The SMILES string of the molecule is O=C1c2cc(-c3nnc(C(F)F)o3)ccc2CN1N(Cc1ccc(F)cc1)Cc1ccc(F)cc1. The Morgan fingerprint density at radius 2 is 1.49 bits per heavy atom. The van der Waals surface area contributed by atoms with Crippen LogP contribution in [0, 0.1) is 11.6 Å². The molecular formula is C25H18F4N4O2. The zero-order valence-corrected chi connectivity index (χ0v) is 18.2. The Labute approximate surface area is 197 Å². The molecule has 1 aromatic heterocycles. The van der Waals surface area contributed by atoms with Crippen molar-refractivity contribution in [3.8, 4) is 11.5 Å². The minimum absolute atomic E-state index is 0.108. The van der Waals surface area contributed by atoms with Gasteiger partial charge in [0.1, 0.15) is 11.6 Å². The van der Waals surface area contributed by atoms with E-state index in [0.29, 0.717) is 24.2 Å². The van der Waals surface area contributed by atoms with Gasteiger partial charge in [0.2, 0.25) is 5.89 Å². The molecule has 4 aromatic rings. The molecule has 0 unspecified atom stereocenters. The van der Waals surface area contributed by atoms with E-state index in [1.54, 1.807) is 46.4 Å². The number of rotatable bonds is 7. The maximum absolute atomic E-state index is 13.4. The van der Waals surface area contributed by atoms with Gasteiger partial charge in [-0.25, -0.2) is 13.8 Å². The Bertz CT molecular complexity index is 1310. The van der Waals surface area contributed by atoms with E-state index >= 15 is 0 Å². The number of benzene rings is 3. The summed E-state index contributed by atoms with van der Waals surface area (Å²) in [5.74, 6) is -1.94. The monoisotopic (exact) mass is 482 g/mol. The normalized spacial score (nSPS) is 13.2. The smallest absolute Gasteiger partial charge is 0.314 e. The van der Waals surface area contributed by atoms with E-state index in [-0.39, 0.29) is 30.0 Å². The molecule has 1 aliphatic rings. The van der Waals surface area contributed by atoms with Crippen LogP contribution in [0.2, 0.25) is 0 Å². The topological polar surface area (TPSA) is 62.5 Å². The molecule has 1 amide bonds. The van der Waals surface area contributed by atoms with E-state index in [1.807, 2.05) is 0 Å². The number of hydrogen-bond donors (Lipinski definition) is 0. The quantitative estimate of drug-likeness (QED) is 0.325. The van der Waals surface area contributed by atoms with Crippen LogP contribution in [-0.2, 0) is 19.6 Å². The molecule has 3 aromatic carbocycles. The molecule has 0 bridgehead atoms. The molecular weight excluding hydrogens is 464 g/mol. The molecule has 10 heteroatoms. The molecule has 0 aliphatic carbocycles. The van der Waals surface area contributed by atoms with Gasteiger partial charge in [0.05, 0.1) is 6.54 Å². The molecule has 0 fully saturated rings. The second-order valence-corrected chi connectivity index (χ2v) is 8.06. The lowest BCUT2D eigenvalue weighted by atomic mass is 10.1. The van der Waals surface area contributed by atoms with Crippen molar-refractivity contribution in [3.63, 3.8) is 0 Å². The van der Waals surface area contributed by atoms with Crippen LogP contribution in [-0.4, -0.2) is 26.1 Å². The molecule has 0 atom stereocenters. The zero-order valence-electron chi connectivity index (χ0n) is 18.2. The predicted octanol–water partition coefficient (Wildman–Crippen LogP) is 5.53. The van der Waals surface area contributed by atoms with E-state index in [4.69, 9.17) is 4.42 Å². The van der Waals surface area contributed by atoms with E-state index in [2.05, 4.69) is 10.2 Å². The Kier molecular flexibility index (Phi) is 6.04. The highest BCUT2D eigenvalue weighted by Crippen LogP contribution is 2.31. The number of halogens is 4. The first kappa shape index (κ1) is 22.7. The minimum Gasteiger partial charge on any atom is -0.415 e. The molecule has 35 heavy (non-hydrogen) atoms. The summed E-state index contributed by atoms with van der Waals surface area (Å²) < 4.78 is 57.4. The van der Waals surface area contributed by atoms with E-state index in [0.717, 1.165) is 16.7 Å². The van der Waals surface area contributed by atoms with Gasteiger partial charge >= 0.3 is 6.43 Å². The van der Waals surface area contributed by atoms with Gasteiger partial charge in [-0.15, -0.1) is 10.2 Å². The highest BCUT2D eigenvalue weighted by Gasteiger charge is 2.33. The standard InChI is InChI=1S/C25H18F4N4O2/c26-19-7-1-15(2-8-19)12-32(13-16-3-9-20(27)10-4-16)33-14-18-6-5-17(11-21(18)25(33)34)23-30-31-24(35-23)22(28)29/h1-11,22H,12-14H2. The van der Waals surface area contributed by atoms with Gasteiger partial charge in [0.25, 0.3) is 11.8 Å². The molecule has 178 valence electrons. The molecule has 0 N–H and O–H groups in total. The molecule has 2 heterocycles. The van der Waals surface area contributed by atoms with Crippen molar-refractivity contribution in [1.29, 1.82) is 0 Å². The van der Waals surface area contributed by atoms with Crippen molar-refractivity contribution in [1.82, 2.24) is 20.2 Å². The molecule has 0 saturated carbocycles. The molecule has 0 radical (unpaired) electrons.